The molecule has 0 saturated carbocycles. The Kier molecular flexibility index (Phi) is 12.6. The van der Waals surface area contributed by atoms with Crippen molar-refractivity contribution in [3.63, 3.8) is 0 Å². The topological polar surface area (TPSA) is 200 Å². The van der Waals surface area contributed by atoms with E-state index in [4.69, 9.17) is 10.2 Å². The molecule has 0 saturated heterocycles. The van der Waals surface area contributed by atoms with Crippen molar-refractivity contribution in [2.75, 3.05) is 37.0 Å². The number of anilines is 2. The molecule has 0 aliphatic heterocycles. The van der Waals surface area contributed by atoms with Crippen LogP contribution >= 0.6 is 67.8 Å². The first-order valence-corrected chi connectivity index (χ1v) is 12.5. The number of benzene rings is 1. The Bertz CT molecular complexity index is 903. The molecule has 8 N–H and O–H groups in total. The number of carbonyl (C=O) groups is 3. The highest BCUT2D eigenvalue weighted by atomic mass is 127. The number of hydrogen-bond donors (Lipinski definition) is 8. The average molecular weight is 807 g/mol. The summed E-state index contributed by atoms with van der Waals surface area (Å²) in [5.74, 6) is -2.10. The second-order valence-corrected chi connectivity index (χ2v) is 10.00. The molecule has 0 aliphatic rings. The van der Waals surface area contributed by atoms with E-state index < -0.39 is 42.8 Å². The van der Waals surface area contributed by atoms with Crippen molar-refractivity contribution in [1.82, 2.24) is 5.32 Å². The predicted octanol–water partition coefficient (Wildman–Crippen LogP) is -1.42. The number of aliphatic hydroxyl groups excluding tert-OH is 6. The first-order valence-electron chi connectivity index (χ1n) is 9.29. The van der Waals surface area contributed by atoms with E-state index in [1.165, 1.54) is 18.9 Å². The minimum atomic E-state index is -2.20. The van der Waals surface area contributed by atoms with E-state index in [9.17, 15) is 34.8 Å². The summed E-state index contributed by atoms with van der Waals surface area (Å²) in [5, 5.41) is 62.2. The standard InChI is InChI=1S/C18H24I3N3O9/c1-6(27)24(2)13-10(20)8(17(32)22-3-4-25)9(19)12(11(13)21)23-18(33)16(31)15(30)14(29)7(28)5-26/h7,14-16,25-26,28-31H,3-5H2,1-2H3,(H,22,32)(H,23,33)/t7-,14+,15+,16+/m0/s1. The lowest BCUT2D eigenvalue weighted by atomic mass is 10.0. The summed E-state index contributed by atoms with van der Waals surface area (Å²) in [6, 6.07) is 0. The zero-order chi connectivity index (χ0) is 25.6. The summed E-state index contributed by atoms with van der Waals surface area (Å²) in [5.41, 5.74) is 0.468. The Morgan fingerprint density at radius 1 is 0.970 bits per heavy atom. The van der Waals surface area contributed by atoms with Crippen molar-refractivity contribution >= 4 is 96.9 Å². The summed E-state index contributed by atoms with van der Waals surface area (Å²) in [4.78, 5) is 38.7. The fraction of sp³-hybridized carbons (Fsp3) is 0.500. The Balaban J connectivity index is 3.53. The van der Waals surface area contributed by atoms with E-state index >= 15 is 0 Å². The highest BCUT2D eigenvalue weighted by Gasteiger charge is 2.35. The number of rotatable bonds is 10. The van der Waals surface area contributed by atoms with Crippen molar-refractivity contribution in [3.05, 3.63) is 16.3 Å². The Labute approximate surface area is 230 Å². The molecule has 0 aliphatic carbocycles. The van der Waals surface area contributed by atoms with Crippen LogP contribution in [0.2, 0.25) is 0 Å². The molecule has 0 spiro atoms. The zero-order valence-electron chi connectivity index (χ0n) is 17.4. The molecular formula is C18H24I3N3O9. The molecule has 33 heavy (non-hydrogen) atoms. The predicted molar refractivity (Wildman–Crippen MR) is 143 cm³/mol. The van der Waals surface area contributed by atoms with Gasteiger partial charge in [-0.15, -0.1) is 0 Å². The molecule has 0 unspecified atom stereocenters. The van der Waals surface area contributed by atoms with Crippen LogP contribution in [-0.2, 0) is 9.59 Å². The first kappa shape index (κ1) is 30.6. The van der Waals surface area contributed by atoms with Crippen LogP contribution in [0.4, 0.5) is 11.4 Å². The third kappa shape index (κ3) is 7.29. The quantitative estimate of drug-likeness (QED) is 0.131. The largest absolute Gasteiger partial charge is 0.395 e. The van der Waals surface area contributed by atoms with Crippen molar-refractivity contribution in [3.8, 4) is 0 Å². The summed E-state index contributed by atoms with van der Waals surface area (Å²) >= 11 is 5.55. The van der Waals surface area contributed by atoms with Crippen molar-refractivity contribution in [2.24, 2.45) is 0 Å². The second kappa shape index (κ2) is 13.6. The highest BCUT2D eigenvalue weighted by molar-refractivity contribution is 14.1. The fourth-order valence-electron chi connectivity index (χ4n) is 2.54. The van der Waals surface area contributed by atoms with Gasteiger partial charge in [0.05, 0.1) is 40.9 Å². The van der Waals surface area contributed by atoms with Gasteiger partial charge in [0, 0.05) is 20.5 Å². The van der Waals surface area contributed by atoms with E-state index in [0.717, 1.165) is 0 Å². The van der Waals surface area contributed by atoms with Crippen LogP contribution in [-0.4, -0.2) is 99.6 Å². The number of hydrogen-bond acceptors (Lipinski definition) is 9. The third-order valence-electron chi connectivity index (χ3n) is 4.50. The molecule has 12 nitrogen and oxygen atoms in total. The van der Waals surface area contributed by atoms with Gasteiger partial charge in [-0.2, -0.15) is 0 Å². The molecule has 1 aromatic rings. The molecule has 0 fully saturated rings. The van der Waals surface area contributed by atoms with E-state index in [2.05, 4.69) is 10.6 Å². The molecule has 1 rings (SSSR count). The van der Waals surface area contributed by atoms with Gasteiger partial charge in [-0.1, -0.05) is 0 Å². The van der Waals surface area contributed by atoms with Crippen molar-refractivity contribution < 1.29 is 45.0 Å². The lowest BCUT2D eigenvalue weighted by Crippen LogP contribution is -2.50. The minimum Gasteiger partial charge on any atom is -0.395 e. The fourth-order valence-corrected chi connectivity index (χ4v) is 7.19. The lowest BCUT2D eigenvalue weighted by Gasteiger charge is -2.27. The van der Waals surface area contributed by atoms with Crippen LogP contribution in [0, 0.1) is 10.7 Å². The summed E-state index contributed by atoms with van der Waals surface area (Å²) in [6.07, 6.45) is -8.13. The highest BCUT2D eigenvalue weighted by Crippen LogP contribution is 2.40. The monoisotopic (exact) mass is 807 g/mol. The number of nitrogens with one attached hydrogen (secondary N) is 2. The van der Waals surface area contributed by atoms with Crippen LogP contribution in [0.3, 0.4) is 0 Å². The molecule has 3 amide bonds. The van der Waals surface area contributed by atoms with E-state index in [1.54, 1.807) is 22.6 Å². The molecule has 4 atom stereocenters. The van der Waals surface area contributed by atoms with Gasteiger partial charge in [0.15, 0.2) is 6.10 Å². The van der Waals surface area contributed by atoms with Crippen LogP contribution < -0.4 is 15.5 Å². The molecule has 1 aromatic carbocycles. The maximum absolute atomic E-state index is 12.8. The van der Waals surface area contributed by atoms with Crippen LogP contribution in [0.1, 0.15) is 17.3 Å². The van der Waals surface area contributed by atoms with E-state index in [-0.39, 0.29) is 33.9 Å². The van der Waals surface area contributed by atoms with Gasteiger partial charge in [-0.3, -0.25) is 14.4 Å². The Morgan fingerprint density at radius 2 is 1.55 bits per heavy atom. The molecule has 0 heterocycles. The maximum Gasteiger partial charge on any atom is 0.256 e. The van der Waals surface area contributed by atoms with Gasteiger partial charge in [0.1, 0.15) is 18.3 Å². The van der Waals surface area contributed by atoms with Crippen molar-refractivity contribution in [2.45, 2.75) is 31.3 Å². The minimum absolute atomic E-state index is 0.0352. The molecule has 0 bridgehead atoms. The van der Waals surface area contributed by atoms with Gasteiger partial charge in [0.2, 0.25) is 5.91 Å². The smallest absolute Gasteiger partial charge is 0.256 e. The third-order valence-corrected chi connectivity index (χ3v) is 7.68. The van der Waals surface area contributed by atoms with Gasteiger partial charge in [-0.05, 0) is 67.8 Å². The number of amides is 3. The normalized spacial score (nSPS) is 14.8. The number of halogens is 3. The van der Waals surface area contributed by atoms with Crippen LogP contribution in [0.25, 0.3) is 0 Å². The first-order chi connectivity index (χ1) is 15.3. The van der Waals surface area contributed by atoms with Crippen molar-refractivity contribution in [1.29, 1.82) is 0 Å². The number of aliphatic hydroxyl groups is 6. The molecule has 186 valence electrons. The zero-order valence-corrected chi connectivity index (χ0v) is 23.9. The average Bonchev–Trinajstić information content (AvgIpc) is 2.77. The SMILES string of the molecule is CC(=O)N(C)c1c(I)c(NC(=O)[C@H](O)[C@H](O)[C@H](O)[C@@H](O)CO)c(I)c(C(=O)NCCO)c1I. The maximum atomic E-state index is 12.8. The summed E-state index contributed by atoms with van der Waals surface area (Å²) in [6.45, 7) is 0.0556. The van der Waals surface area contributed by atoms with Crippen LogP contribution in [0.5, 0.6) is 0 Å². The molecular weight excluding hydrogens is 783 g/mol. The Morgan fingerprint density at radius 3 is 2.03 bits per heavy atom. The van der Waals surface area contributed by atoms with Gasteiger partial charge < -0.3 is 46.2 Å². The van der Waals surface area contributed by atoms with Crippen LogP contribution in [0.15, 0.2) is 0 Å². The molecule has 15 heteroatoms. The van der Waals surface area contributed by atoms with Gasteiger partial charge >= 0.3 is 0 Å². The van der Waals surface area contributed by atoms with E-state index in [1.807, 2.05) is 45.2 Å². The molecule has 0 radical (unpaired) electrons. The Hall–Kier alpha value is -0.420. The number of nitrogens with zero attached hydrogens (tertiary/aromatic N) is 1. The summed E-state index contributed by atoms with van der Waals surface area (Å²) in [7, 11) is 1.47. The second-order valence-electron chi connectivity index (χ2n) is 6.76. The molecule has 0 aromatic heterocycles. The van der Waals surface area contributed by atoms with Gasteiger partial charge in [-0.25, -0.2) is 0 Å². The van der Waals surface area contributed by atoms with E-state index in [0.29, 0.717) is 12.8 Å². The summed E-state index contributed by atoms with van der Waals surface area (Å²) < 4.78 is 1.00. The number of carbonyl (C=O) groups excluding carboxylic acids is 3. The van der Waals surface area contributed by atoms with Gasteiger partial charge in [0.25, 0.3) is 11.8 Å². The lowest BCUT2D eigenvalue weighted by molar-refractivity contribution is -0.144.